The Kier molecular flexibility index (Phi) is 5.97. The fourth-order valence-electron chi connectivity index (χ4n) is 3.28. The van der Waals surface area contributed by atoms with Crippen LogP contribution in [0.15, 0.2) is 0 Å². The number of carbonyl (C=O) groups excluding carboxylic acids is 1. The van der Waals surface area contributed by atoms with Gasteiger partial charge in [-0.25, -0.2) is 0 Å². The highest BCUT2D eigenvalue weighted by molar-refractivity contribution is 6.80. The third-order valence-electron chi connectivity index (χ3n) is 6.92. The van der Waals surface area contributed by atoms with E-state index in [0.717, 1.165) is 6.42 Å². The van der Waals surface area contributed by atoms with Crippen molar-refractivity contribution in [1.82, 2.24) is 4.57 Å². The zero-order chi connectivity index (χ0) is 19.3. The van der Waals surface area contributed by atoms with Crippen molar-refractivity contribution in [3.63, 3.8) is 0 Å². The van der Waals surface area contributed by atoms with Crippen molar-refractivity contribution in [2.45, 2.75) is 110 Å². The Balaban J connectivity index is 2.99. The minimum atomic E-state index is -1.85. The van der Waals surface area contributed by atoms with Crippen LogP contribution in [0.4, 0.5) is 0 Å². The zero-order valence-electron chi connectivity index (χ0n) is 18.2. The van der Waals surface area contributed by atoms with Gasteiger partial charge in [-0.15, -0.1) is 0 Å². The maximum atomic E-state index is 13.1. The third-order valence-corrected chi connectivity index (χ3v) is 16.9. The van der Waals surface area contributed by atoms with Gasteiger partial charge in [-0.3, -0.25) is 4.79 Å². The number of hydrogen-bond donors (Lipinski definition) is 0. The van der Waals surface area contributed by atoms with Crippen LogP contribution in [0, 0.1) is 5.92 Å². The normalized spacial score (nSPS) is 24.8. The van der Waals surface area contributed by atoms with Crippen molar-refractivity contribution >= 4 is 22.5 Å². The number of amides is 1. The summed E-state index contributed by atoms with van der Waals surface area (Å²) in [5.41, 5.74) is 0. The summed E-state index contributed by atoms with van der Waals surface area (Å²) in [7, 11) is -3.66. The standard InChI is InChI=1S/C19H41NO2Si2/c1-13-15-16(14(2)22-24(11,12)19(6,7)8)17(21)20(15)23(9,10)18(3,4)5/h14-16H,13H2,1-12H3. The molecule has 1 saturated heterocycles. The van der Waals surface area contributed by atoms with Crippen LogP contribution in [-0.2, 0) is 9.22 Å². The molecular formula is C19H41NO2Si2. The second kappa shape index (κ2) is 6.55. The molecule has 3 unspecified atom stereocenters. The molecule has 0 radical (unpaired) electrons. The topological polar surface area (TPSA) is 29.5 Å². The Morgan fingerprint density at radius 3 is 1.83 bits per heavy atom. The van der Waals surface area contributed by atoms with Crippen LogP contribution in [0.25, 0.3) is 0 Å². The van der Waals surface area contributed by atoms with Gasteiger partial charge in [0.1, 0.15) is 0 Å². The Morgan fingerprint density at radius 2 is 1.50 bits per heavy atom. The first kappa shape index (κ1) is 21.9. The predicted molar refractivity (Wildman–Crippen MR) is 109 cm³/mol. The van der Waals surface area contributed by atoms with E-state index < -0.39 is 16.6 Å². The first-order chi connectivity index (χ1) is 10.5. The molecule has 0 aromatic heterocycles. The largest absolute Gasteiger partial charge is 0.413 e. The van der Waals surface area contributed by atoms with Gasteiger partial charge in [0.15, 0.2) is 16.6 Å². The second-order valence-corrected chi connectivity index (χ2v) is 20.5. The monoisotopic (exact) mass is 371 g/mol. The van der Waals surface area contributed by atoms with E-state index in [1.165, 1.54) is 0 Å². The van der Waals surface area contributed by atoms with Gasteiger partial charge in [0.2, 0.25) is 5.91 Å². The molecule has 0 aromatic rings. The summed E-state index contributed by atoms with van der Waals surface area (Å²) in [5, 5.41) is 0.361. The molecule has 1 aliphatic heterocycles. The van der Waals surface area contributed by atoms with Gasteiger partial charge < -0.3 is 8.99 Å². The fraction of sp³-hybridized carbons (Fsp3) is 0.947. The SMILES string of the molecule is CCC1C(C(C)O[Si](C)(C)C(C)(C)C)C(=O)N1[Si](C)(C)C(C)(C)C. The molecule has 1 heterocycles. The Labute approximate surface area is 152 Å². The van der Waals surface area contributed by atoms with Gasteiger partial charge in [-0.1, -0.05) is 61.6 Å². The third kappa shape index (κ3) is 3.68. The maximum absolute atomic E-state index is 13.1. The summed E-state index contributed by atoms with van der Waals surface area (Å²) in [4.78, 5) is 13.1. The average molecular weight is 372 g/mol. The molecular weight excluding hydrogens is 330 g/mol. The predicted octanol–water partition coefficient (Wildman–Crippen LogP) is 5.64. The van der Waals surface area contributed by atoms with Gasteiger partial charge in [-0.2, -0.15) is 0 Å². The molecule has 0 spiro atoms. The van der Waals surface area contributed by atoms with E-state index in [2.05, 4.69) is 86.1 Å². The van der Waals surface area contributed by atoms with Crippen LogP contribution in [0.5, 0.6) is 0 Å². The van der Waals surface area contributed by atoms with Crippen LogP contribution in [0.2, 0.25) is 36.3 Å². The summed E-state index contributed by atoms with van der Waals surface area (Å²) in [6, 6.07) is 0.346. The first-order valence-corrected chi connectivity index (χ1v) is 15.4. The number of carbonyl (C=O) groups is 1. The molecule has 142 valence electrons. The van der Waals surface area contributed by atoms with Gasteiger partial charge in [-0.05, 0) is 36.5 Å². The smallest absolute Gasteiger partial charge is 0.222 e. The molecule has 0 saturated carbocycles. The van der Waals surface area contributed by atoms with Crippen LogP contribution >= 0.6 is 0 Å². The van der Waals surface area contributed by atoms with Gasteiger partial charge in [0.05, 0.1) is 12.0 Å². The second-order valence-electron chi connectivity index (χ2n) is 10.6. The minimum Gasteiger partial charge on any atom is -0.413 e. The molecule has 1 amide bonds. The van der Waals surface area contributed by atoms with Crippen molar-refractivity contribution < 1.29 is 9.22 Å². The lowest BCUT2D eigenvalue weighted by Crippen LogP contribution is -2.74. The maximum Gasteiger partial charge on any atom is 0.222 e. The van der Waals surface area contributed by atoms with Crippen molar-refractivity contribution in [3.05, 3.63) is 0 Å². The number of rotatable bonds is 5. The summed E-state index contributed by atoms with van der Waals surface area (Å²) < 4.78 is 8.83. The molecule has 0 aliphatic carbocycles. The summed E-state index contributed by atoms with van der Waals surface area (Å²) in [6.07, 6.45) is 1.04. The Hall–Kier alpha value is -0.136. The van der Waals surface area contributed by atoms with Crippen LogP contribution < -0.4 is 0 Å². The van der Waals surface area contributed by atoms with Crippen LogP contribution in [0.3, 0.4) is 0 Å². The quantitative estimate of drug-likeness (QED) is 0.462. The Morgan fingerprint density at radius 1 is 1.04 bits per heavy atom. The van der Waals surface area contributed by atoms with E-state index in [4.69, 9.17) is 4.43 Å². The molecule has 1 aliphatic rings. The molecule has 3 nitrogen and oxygen atoms in total. The highest BCUT2D eigenvalue weighted by atomic mass is 28.4. The van der Waals surface area contributed by atoms with Crippen LogP contribution in [0.1, 0.15) is 61.8 Å². The molecule has 1 rings (SSSR count). The molecule has 0 aromatic carbocycles. The summed E-state index contributed by atoms with van der Waals surface area (Å²) >= 11 is 0. The van der Waals surface area contributed by atoms with E-state index in [1.54, 1.807) is 0 Å². The molecule has 0 bridgehead atoms. The van der Waals surface area contributed by atoms with Crippen molar-refractivity contribution in [2.24, 2.45) is 5.92 Å². The molecule has 0 N–H and O–H groups in total. The van der Waals surface area contributed by atoms with Gasteiger partial charge in [0, 0.05) is 6.04 Å². The van der Waals surface area contributed by atoms with E-state index in [0.29, 0.717) is 11.9 Å². The summed E-state index contributed by atoms with van der Waals surface area (Å²) in [5.74, 6) is 0.373. The van der Waals surface area contributed by atoms with Crippen molar-refractivity contribution in [3.8, 4) is 0 Å². The zero-order valence-corrected chi connectivity index (χ0v) is 20.2. The number of hydrogen-bond acceptors (Lipinski definition) is 2. The molecule has 5 heteroatoms. The number of nitrogens with zero attached hydrogens (tertiary/aromatic N) is 1. The lowest BCUT2D eigenvalue weighted by molar-refractivity contribution is -0.154. The summed E-state index contributed by atoms with van der Waals surface area (Å²) in [6.45, 7) is 27.2. The van der Waals surface area contributed by atoms with E-state index >= 15 is 0 Å². The van der Waals surface area contributed by atoms with Gasteiger partial charge in [0.25, 0.3) is 0 Å². The fourth-order valence-corrected chi connectivity index (χ4v) is 7.31. The van der Waals surface area contributed by atoms with Crippen molar-refractivity contribution in [2.75, 3.05) is 0 Å². The average Bonchev–Trinajstić information content (AvgIpc) is 2.31. The molecule has 1 fully saturated rings. The lowest BCUT2D eigenvalue weighted by atomic mass is 9.84. The minimum absolute atomic E-state index is 0.0179. The highest BCUT2D eigenvalue weighted by Crippen LogP contribution is 2.47. The molecule has 3 atom stereocenters. The van der Waals surface area contributed by atoms with E-state index in [1.807, 2.05) is 0 Å². The van der Waals surface area contributed by atoms with Gasteiger partial charge >= 0.3 is 0 Å². The lowest BCUT2D eigenvalue weighted by Gasteiger charge is -2.60. The molecule has 24 heavy (non-hydrogen) atoms. The highest BCUT2D eigenvalue weighted by Gasteiger charge is 2.58. The Bertz CT molecular complexity index is 475. The van der Waals surface area contributed by atoms with E-state index in [-0.39, 0.29) is 22.1 Å². The van der Waals surface area contributed by atoms with Crippen LogP contribution in [-0.4, -0.2) is 39.2 Å². The van der Waals surface area contributed by atoms with E-state index in [9.17, 15) is 4.79 Å². The number of β-lactam (4-membered cyclic amide) rings is 1. The first-order valence-electron chi connectivity index (χ1n) is 9.50. The van der Waals surface area contributed by atoms with Crippen molar-refractivity contribution in [1.29, 1.82) is 0 Å².